The van der Waals surface area contributed by atoms with Crippen molar-refractivity contribution in [2.24, 2.45) is 0 Å². The van der Waals surface area contributed by atoms with Gasteiger partial charge in [-0.3, -0.25) is 4.79 Å². The highest BCUT2D eigenvalue weighted by Gasteiger charge is 2.23. The van der Waals surface area contributed by atoms with E-state index in [1.54, 1.807) is 13.1 Å². The van der Waals surface area contributed by atoms with Gasteiger partial charge in [-0.1, -0.05) is 35.0 Å². The van der Waals surface area contributed by atoms with Crippen LogP contribution in [0.1, 0.15) is 23.4 Å². The van der Waals surface area contributed by atoms with Gasteiger partial charge in [-0.25, -0.2) is 4.98 Å². The van der Waals surface area contributed by atoms with Crippen molar-refractivity contribution in [1.82, 2.24) is 20.0 Å². The maximum atomic E-state index is 12.8. The highest BCUT2D eigenvalue weighted by atomic mass is 16.5. The monoisotopic (exact) mass is 391 g/mol. The first-order chi connectivity index (χ1) is 14.1. The summed E-state index contributed by atoms with van der Waals surface area (Å²) >= 11 is 0. The predicted molar refractivity (Wildman–Crippen MR) is 111 cm³/mol. The molecule has 0 radical (unpaired) electrons. The van der Waals surface area contributed by atoms with E-state index in [0.717, 1.165) is 43.0 Å². The van der Waals surface area contributed by atoms with Gasteiger partial charge >= 0.3 is 0 Å². The standard InChI is InChI=1S/C22H25N5O2/c1-16-6-8-18(9-7-16)15-20(28)26-11-4-12-27(14-13-26)21-19(5-3-10-23-21)22-24-17(2)25-29-22/h3,5-10H,4,11-15H2,1-2H3. The Labute approximate surface area is 170 Å². The Hall–Kier alpha value is -3.22. The zero-order valence-corrected chi connectivity index (χ0v) is 16.8. The number of benzene rings is 1. The van der Waals surface area contributed by atoms with Gasteiger partial charge in [0.25, 0.3) is 5.89 Å². The Morgan fingerprint density at radius 2 is 1.90 bits per heavy atom. The summed E-state index contributed by atoms with van der Waals surface area (Å²) in [6.07, 6.45) is 3.10. The van der Waals surface area contributed by atoms with E-state index in [9.17, 15) is 4.79 Å². The fraction of sp³-hybridized carbons (Fsp3) is 0.364. The molecule has 1 fully saturated rings. The van der Waals surface area contributed by atoms with Crippen molar-refractivity contribution in [1.29, 1.82) is 0 Å². The average Bonchev–Trinajstić information content (AvgIpc) is 3.01. The van der Waals surface area contributed by atoms with Gasteiger partial charge in [-0.05, 0) is 38.0 Å². The summed E-state index contributed by atoms with van der Waals surface area (Å²) in [5.74, 6) is 2.06. The minimum Gasteiger partial charge on any atom is -0.354 e. The second-order valence-electron chi connectivity index (χ2n) is 7.41. The third-order valence-corrected chi connectivity index (χ3v) is 5.17. The molecule has 0 N–H and O–H groups in total. The maximum Gasteiger partial charge on any atom is 0.261 e. The Morgan fingerprint density at radius 3 is 2.66 bits per heavy atom. The smallest absolute Gasteiger partial charge is 0.261 e. The van der Waals surface area contributed by atoms with Gasteiger partial charge in [0.05, 0.1) is 12.0 Å². The summed E-state index contributed by atoms with van der Waals surface area (Å²) in [7, 11) is 0. The molecule has 1 aliphatic heterocycles. The van der Waals surface area contributed by atoms with Crippen molar-refractivity contribution in [3.63, 3.8) is 0 Å². The highest BCUT2D eigenvalue weighted by molar-refractivity contribution is 5.79. The zero-order chi connectivity index (χ0) is 20.2. The number of rotatable bonds is 4. The molecule has 3 heterocycles. The zero-order valence-electron chi connectivity index (χ0n) is 16.8. The number of aromatic nitrogens is 3. The molecule has 0 spiro atoms. The quantitative estimate of drug-likeness (QED) is 0.681. The summed E-state index contributed by atoms with van der Waals surface area (Å²) in [5.41, 5.74) is 3.09. The SMILES string of the molecule is Cc1ccc(CC(=O)N2CCCN(c3ncccc3-c3nc(C)no3)CC2)cc1. The second-order valence-corrected chi connectivity index (χ2v) is 7.41. The number of carbonyl (C=O) groups is 1. The van der Waals surface area contributed by atoms with Crippen LogP contribution in [0.15, 0.2) is 47.1 Å². The first-order valence-corrected chi connectivity index (χ1v) is 9.94. The van der Waals surface area contributed by atoms with Crippen LogP contribution in [-0.4, -0.2) is 52.1 Å². The Kier molecular flexibility index (Phi) is 5.55. The molecule has 0 atom stereocenters. The lowest BCUT2D eigenvalue weighted by atomic mass is 10.1. The van der Waals surface area contributed by atoms with E-state index >= 15 is 0 Å². The van der Waals surface area contributed by atoms with Crippen LogP contribution in [0, 0.1) is 13.8 Å². The molecule has 1 saturated heterocycles. The summed E-state index contributed by atoms with van der Waals surface area (Å²) in [4.78, 5) is 25.9. The Balaban J connectivity index is 1.45. The lowest BCUT2D eigenvalue weighted by molar-refractivity contribution is -0.130. The normalized spacial score (nSPS) is 14.7. The predicted octanol–water partition coefficient (Wildman–Crippen LogP) is 3.03. The number of amides is 1. The number of hydrogen-bond acceptors (Lipinski definition) is 6. The number of nitrogens with zero attached hydrogens (tertiary/aromatic N) is 5. The molecule has 1 aliphatic rings. The van der Waals surface area contributed by atoms with Crippen LogP contribution in [0.3, 0.4) is 0 Å². The van der Waals surface area contributed by atoms with Crippen LogP contribution in [0.2, 0.25) is 0 Å². The average molecular weight is 391 g/mol. The summed E-state index contributed by atoms with van der Waals surface area (Å²) in [6, 6.07) is 12.0. The van der Waals surface area contributed by atoms with Crippen LogP contribution in [-0.2, 0) is 11.2 Å². The van der Waals surface area contributed by atoms with Crippen molar-refractivity contribution >= 4 is 11.7 Å². The second kappa shape index (κ2) is 8.43. The van der Waals surface area contributed by atoms with Gasteiger partial charge in [0.1, 0.15) is 5.82 Å². The molecule has 0 unspecified atom stereocenters. The largest absolute Gasteiger partial charge is 0.354 e. The molecular formula is C22H25N5O2. The maximum absolute atomic E-state index is 12.8. The van der Waals surface area contributed by atoms with Crippen molar-refractivity contribution in [3.05, 3.63) is 59.5 Å². The van der Waals surface area contributed by atoms with Crippen LogP contribution in [0.4, 0.5) is 5.82 Å². The van der Waals surface area contributed by atoms with E-state index in [1.165, 1.54) is 5.56 Å². The van der Waals surface area contributed by atoms with Gasteiger partial charge in [0.2, 0.25) is 5.91 Å². The lowest BCUT2D eigenvalue weighted by Gasteiger charge is -2.24. The molecule has 7 nitrogen and oxygen atoms in total. The minimum atomic E-state index is 0.171. The van der Waals surface area contributed by atoms with E-state index in [-0.39, 0.29) is 5.91 Å². The molecule has 3 aromatic rings. The molecule has 0 aliphatic carbocycles. The van der Waals surface area contributed by atoms with Crippen molar-refractivity contribution in [3.8, 4) is 11.5 Å². The van der Waals surface area contributed by atoms with E-state index in [1.807, 2.05) is 29.2 Å². The molecule has 1 amide bonds. The van der Waals surface area contributed by atoms with E-state index in [4.69, 9.17) is 4.52 Å². The molecule has 29 heavy (non-hydrogen) atoms. The van der Waals surface area contributed by atoms with Crippen LogP contribution < -0.4 is 4.90 Å². The van der Waals surface area contributed by atoms with Gasteiger partial charge < -0.3 is 14.3 Å². The van der Waals surface area contributed by atoms with Crippen LogP contribution in [0.25, 0.3) is 11.5 Å². The van der Waals surface area contributed by atoms with Crippen LogP contribution >= 0.6 is 0 Å². The number of aryl methyl sites for hydroxylation is 2. The fourth-order valence-corrected chi connectivity index (χ4v) is 3.59. The molecule has 2 aromatic heterocycles. The summed E-state index contributed by atoms with van der Waals surface area (Å²) in [6.45, 7) is 6.82. The molecule has 0 bridgehead atoms. The summed E-state index contributed by atoms with van der Waals surface area (Å²) in [5, 5.41) is 3.89. The minimum absolute atomic E-state index is 0.171. The molecule has 150 valence electrons. The molecule has 4 rings (SSSR count). The lowest BCUT2D eigenvalue weighted by Crippen LogP contribution is -2.36. The van der Waals surface area contributed by atoms with Gasteiger partial charge in [-0.2, -0.15) is 4.98 Å². The summed E-state index contributed by atoms with van der Waals surface area (Å²) < 4.78 is 5.35. The number of pyridine rings is 1. The third-order valence-electron chi connectivity index (χ3n) is 5.17. The topological polar surface area (TPSA) is 75.4 Å². The Morgan fingerprint density at radius 1 is 1.07 bits per heavy atom. The van der Waals surface area contributed by atoms with Crippen molar-refractivity contribution < 1.29 is 9.32 Å². The van der Waals surface area contributed by atoms with Gasteiger partial charge in [-0.15, -0.1) is 0 Å². The first kappa shape index (κ1) is 19.1. The third kappa shape index (κ3) is 4.45. The van der Waals surface area contributed by atoms with Gasteiger partial charge in [0.15, 0.2) is 5.82 Å². The first-order valence-electron chi connectivity index (χ1n) is 9.94. The van der Waals surface area contributed by atoms with E-state index in [2.05, 4.69) is 39.1 Å². The molecule has 0 saturated carbocycles. The van der Waals surface area contributed by atoms with E-state index in [0.29, 0.717) is 24.7 Å². The van der Waals surface area contributed by atoms with Crippen LogP contribution in [0.5, 0.6) is 0 Å². The number of hydrogen-bond donors (Lipinski definition) is 0. The number of anilines is 1. The van der Waals surface area contributed by atoms with Crippen molar-refractivity contribution in [2.75, 3.05) is 31.1 Å². The Bertz CT molecular complexity index is 983. The van der Waals surface area contributed by atoms with Crippen molar-refractivity contribution in [2.45, 2.75) is 26.7 Å². The molecule has 7 heteroatoms. The molecule has 1 aromatic carbocycles. The van der Waals surface area contributed by atoms with Gasteiger partial charge in [0, 0.05) is 32.4 Å². The van der Waals surface area contributed by atoms with E-state index < -0.39 is 0 Å². The fourth-order valence-electron chi connectivity index (χ4n) is 3.59. The molecular weight excluding hydrogens is 366 g/mol. The number of carbonyl (C=O) groups excluding carboxylic acids is 1. The highest BCUT2D eigenvalue weighted by Crippen LogP contribution is 2.28.